The first kappa shape index (κ1) is 17.0. The van der Waals surface area contributed by atoms with Crippen LogP contribution >= 0.6 is 0 Å². The molecule has 2 N–H and O–H groups in total. The largest absolute Gasteiger partial charge is 0.491 e. The van der Waals surface area contributed by atoms with E-state index in [0.717, 1.165) is 38.0 Å². The predicted octanol–water partition coefficient (Wildman–Crippen LogP) is 0.994. The molecule has 1 unspecified atom stereocenters. The fourth-order valence-corrected chi connectivity index (χ4v) is 3.17. The van der Waals surface area contributed by atoms with Crippen LogP contribution in [0.3, 0.4) is 0 Å². The van der Waals surface area contributed by atoms with Crippen LogP contribution in [0.25, 0.3) is 0 Å². The molecule has 0 amide bonds. The maximum Gasteiger partial charge on any atom is 0.223 e. The Bertz CT molecular complexity index is 531. The molecule has 124 valence electrons. The van der Waals surface area contributed by atoms with Crippen LogP contribution in [0.2, 0.25) is 0 Å². The number of nitrogens with zero attached hydrogens (tertiary/aromatic N) is 1. The molecule has 0 spiro atoms. The second kappa shape index (κ2) is 7.76. The van der Waals surface area contributed by atoms with E-state index in [1.165, 1.54) is 7.11 Å². The van der Waals surface area contributed by atoms with Gasteiger partial charge < -0.3 is 19.6 Å². The van der Waals surface area contributed by atoms with Crippen LogP contribution in [0.4, 0.5) is 0 Å². The number of nitrogens with one attached hydrogen (secondary N) is 1. The molecule has 2 heterocycles. The molecular formula is C16H26N2O4. The highest BCUT2D eigenvalue weighted by Gasteiger charge is 2.34. The van der Waals surface area contributed by atoms with Gasteiger partial charge in [-0.1, -0.05) is 0 Å². The summed E-state index contributed by atoms with van der Waals surface area (Å²) in [5, 5.41) is 9.81. The van der Waals surface area contributed by atoms with Gasteiger partial charge in [0.1, 0.15) is 0 Å². The minimum absolute atomic E-state index is 0.0962. The third-order valence-electron chi connectivity index (χ3n) is 4.46. The van der Waals surface area contributed by atoms with Crippen LogP contribution in [0.5, 0.6) is 5.75 Å². The number of rotatable bonds is 7. The zero-order valence-corrected chi connectivity index (χ0v) is 13.4. The summed E-state index contributed by atoms with van der Waals surface area (Å²) >= 11 is 0. The number of piperidine rings is 1. The Hall–Kier alpha value is -1.37. The van der Waals surface area contributed by atoms with Crippen molar-refractivity contribution in [3.8, 4) is 5.75 Å². The zero-order chi connectivity index (χ0) is 16.0. The number of aromatic nitrogens is 1. The summed E-state index contributed by atoms with van der Waals surface area (Å²) in [5.41, 5.74) is 0.661. The van der Waals surface area contributed by atoms with Crippen molar-refractivity contribution in [2.45, 2.75) is 25.8 Å². The molecule has 0 saturated carbocycles. The van der Waals surface area contributed by atoms with E-state index in [9.17, 15) is 9.90 Å². The van der Waals surface area contributed by atoms with Crippen molar-refractivity contribution in [1.82, 2.24) is 9.88 Å². The zero-order valence-electron chi connectivity index (χ0n) is 13.4. The fourth-order valence-electron chi connectivity index (χ4n) is 3.17. The highest BCUT2D eigenvalue weighted by molar-refractivity contribution is 5.20. The van der Waals surface area contributed by atoms with E-state index in [2.05, 4.69) is 9.88 Å². The number of hydrogen-bond acceptors (Lipinski definition) is 5. The van der Waals surface area contributed by atoms with Crippen molar-refractivity contribution in [3.63, 3.8) is 0 Å². The van der Waals surface area contributed by atoms with Gasteiger partial charge in [-0.3, -0.25) is 9.69 Å². The monoisotopic (exact) mass is 310 g/mol. The Kier molecular flexibility index (Phi) is 5.99. The highest BCUT2D eigenvalue weighted by Crippen LogP contribution is 2.33. The lowest BCUT2D eigenvalue weighted by atomic mass is 9.78. The predicted molar refractivity (Wildman–Crippen MR) is 84.1 cm³/mol. The Labute approximate surface area is 131 Å². The van der Waals surface area contributed by atoms with Gasteiger partial charge in [0.25, 0.3) is 0 Å². The van der Waals surface area contributed by atoms with Crippen LogP contribution in [0, 0.1) is 5.41 Å². The average molecular weight is 310 g/mol. The number of pyridine rings is 1. The summed E-state index contributed by atoms with van der Waals surface area (Å²) in [5.74, 6) is 0.326. The van der Waals surface area contributed by atoms with Crippen LogP contribution < -0.4 is 10.2 Å². The Balaban J connectivity index is 2.03. The van der Waals surface area contributed by atoms with E-state index in [1.807, 2.05) is 0 Å². The Morgan fingerprint density at radius 3 is 2.91 bits per heavy atom. The highest BCUT2D eigenvalue weighted by atomic mass is 16.5. The molecule has 1 aromatic rings. The van der Waals surface area contributed by atoms with Crippen LogP contribution in [-0.4, -0.2) is 55.5 Å². The van der Waals surface area contributed by atoms with Gasteiger partial charge in [0.15, 0.2) is 5.75 Å². The molecule has 0 radical (unpaired) electrons. The quantitative estimate of drug-likeness (QED) is 0.786. The van der Waals surface area contributed by atoms with Gasteiger partial charge >= 0.3 is 0 Å². The number of hydrogen-bond donors (Lipinski definition) is 2. The molecule has 2 rings (SSSR count). The normalized spacial score (nSPS) is 22.7. The second-order valence-corrected chi connectivity index (χ2v) is 6.11. The van der Waals surface area contributed by atoms with E-state index in [-0.39, 0.29) is 17.5 Å². The van der Waals surface area contributed by atoms with Crippen molar-refractivity contribution in [2.24, 2.45) is 5.41 Å². The van der Waals surface area contributed by atoms with Gasteiger partial charge in [-0.2, -0.15) is 0 Å². The molecule has 22 heavy (non-hydrogen) atoms. The first-order valence-electron chi connectivity index (χ1n) is 7.70. The van der Waals surface area contributed by atoms with Crippen LogP contribution in [0.1, 0.15) is 25.0 Å². The maximum absolute atomic E-state index is 11.8. The molecule has 0 bridgehead atoms. The summed E-state index contributed by atoms with van der Waals surface area (Å²) in [6, 6.07) is 1.59. The molecule has 6 heteroatoms. The molecule has 1 atom stereocenters. The standard InChI is InChI=1S/C16H26N2O4/c1-21-7-5-16(12-19)4-3-6-18(11-16)10-13-8-14(20)15(22-2)9-17-13/h8-9,19H,3-7,10-12H2,1-2H3,(H,17,20). The van der Waals surface area contributed by atoms with Gasteiger partial charge in [0, 0.05) is 50.2 Å². The van der Waals surface area contributed by atoms with E-state index in [4.69, 9.17) is 9.47 Å². The molecule has 1 aromatic heterocycles. The Morgan fingerprint density at radius 2 is 2.27 bits per heavy atom. The third-order valence-corrected chi connectivity index (χ3v) is 4.46. The SMILES string of the molecule is COCCC1(CO)CCCN(Cc2cc(=O)c(OC)c[nH]2)C1. The molecule has 0 aromatic carbocycles. The minimum atomic E-state index is -0.110. The van der Waals surface area contributed by atoms with Gasteiger partial charge in [-0.05, 0) is 25.8 Å². The second-order valence-electron chi connectivity index (χ2n) is 6.11. The summed E-state index contributed by atoms with van der Waals surface area (Å²) < 4.78 is 10.2. The molecule has 0 aliphatic carbocycles. The first-order valence-corrected chi connectivity index (χ1v) is 7.70. The van der Waals surface area contributed by atoms with E-state index >= 15 is 0 Å². The molecule has 1 aliphatic rings. The first-order chi connectivity index (χ1) is 10.6. The number of aliphatic hydroxyl groups excluding tert-OH is 1. The average Bonchev–Trinajstić information content (AvgIpc) is 2.53. The molecule has 6 nitrogen and oxygen atoms in total. The lowest BCUT2D eigenvalue weighted by Crippen LogP contribution is -2.45. The fraction of sp³-hybridized carbons (Fsp3) is 0.688. The number of H-pyrrole nitrogens is 1. The number of aliphatic hydroxyl groups is 1. The summed E-state index contributed by atoms with van der Waals surface area (Å²) in [6.07, 6.45) is 4.52. The van der Waals surface area contributed by atoms with Gasteiger partial charge in [-0.25, -0.2) is 0 Å². The van der Waals surface area contributed by atoms with Crippen molar-refractivity contribution in [2.75, 3.05) is 40.5 Å². The summed E-state index contributed by atoms with van der Waals surface area (Å²) in [6.45, 7) is 3.30. The van der Waals surface area contributed by atoms with Crippen molar-refractivity contribution < 1.29 is 14.6 Å². The van der Waals surface area contributed by atoms with Crippen molar-refractivity contribution >= 4 is 0 Å². The molecular weight excluding hydrogens is 284 g/mol. The van der Waals surface area contributed by atoms with Gasteiger partial charge in [0.05, 0.1) is 13.7 Å². The minimum Gasteiger partial charge on any atom is -0.491 e. The van der Waals surface area contributed by atoms with Crippen LogP contribution in [-0.2, 0) is 11.3 Å². The van der Waals surface area contributed by atoms with Gasteiger partial charge in [0.2, 0.25) is 5.43 Å². The topological polar surface area (TPSA) is 74.8 Å². The van der Waals surface area contributed by atoms with E-state index in [0.29, 0.717) is 18.9 Å². The van der Waals surface area contributed by atoms with E-state index in [1.54, 1.807) is 19.4 Å². The number of ether oxygens (including phenoxy) is 2. The van der Waals surface area contributed by atoms with E-state index < -0.39 is 0 Å². The number of likely N-dealkylation sites (tertiary alicyclic amines) is 1. The summed E-state index contributed by atoms with van der Waals surface area (Å²) in [7, 11) is 3.17. The number of methoxy groups -OCH3 is 2. The van der Waals surface area contributed by atoms with Crippen molar-refractivity contribution in [3.05, 3.63) is 28.2 Å². The van der Waals surface area contributed by atoms with Crippen LogP contribution in [0.15, 0.2) is 17.1 Å². The molecule has 1 saturated heterocycles. The van der Waals surface area contributed by atoms with Gasteiger partial charge in [-0.15, -0.1) is 0 Å². The molecule has 1 fully saturated rings. The third kappa shape index (κ3) is 4.09. The Morgan fingerprint density at radius 1 is 1.45 bits per heavy atom. The lowest BCUT2D eigenvalue weighted by molar-refractivity contribution is 0.00436. The smallest absolute Gasteiger partial charge is 0.223 e. The lowest BCUT2D eigenvalue weighted by Gasteiger charge is -2.41. The number of aromatic amines is 1. The molecule has 1 aliphatic heterocycles. The van der Waals surface area contributed by atoms with Crippen molar-refractivity contribution in [1.29, 1.82) is 0 Å². The maximum atomic E-state index is 11.8. The summed E-state index contributed by atoms with van der Waals surface area (Å²) in [4.78, 5) is 17.2.